The van der Waals surface area contributed by atoms with Crippen LogP contribution in [0.25, 0.3) is 11.1 Å². The van der Waals surface area contributed by atoms with Crippen LogP contribution in [-0.4, -0.2) is 45.7 Å². The molecule has 0 spiro atoms. The number of ether oxygens (including phenoxy) is 1. The number of amides is 2. The number of benzene rings is 1. The Balaban J connectivity index is 1.89. The minimum absolute atomic E-state index is 0.0846. The van der Waals surface area contributed by atoms with Crippen LogP contribution in [-0.2, 0) is 16.6 Å². The third-order valence-corrected chi connectivity index (χ3v) is 4.57. The molecule has 0 radical (unpaired) electrons. The third kappa shape index (κ3) is 3.56. The highest BCUT2D eigenvalue weighted by molar-refractivity contribution is 5.99. The van der Waals surface area contributed by atoms with Gasteiger partial charge in [-0.3, -0.25) is 14.3 Å². The van der Waals surface area contributed by atoms with Crippen molar-refractivity contribution in [2.75, 3.05) is 18.0 Å². The second kappa shape index (κ2) is 6.14. The number of hydrogen-bond acceptors (Lipinski definition) is 5. The molecule has 8 heteroatoms. The van der Waals surface area contributed by atoms with E-state index in [0.29, 0.717) is 23.3 Å². The Labute approximate surface area is 157 Å². The Morgan fingerprint density at radius 3 is 2.52 bits per heavy atom. The number of rotatable bonds is 1. The van der Waals surface area contributed by atoms with Crippen molar-refractivity contribution in [2.24, 2.45) is 7.05 Å². The number of aryl methyl sites for hydroxylation is 1. The van der Waals surface area contributed by atoms with Gasteiger partial charge in [-0.25, -0.2) is 9.59 Å². The largest absolute Gasteiger partial charge is 0.444 e. The first-order chi connectivity index (χ1) is 12.4. The summed E-state index contributed by atoms with van der Waals surface area (Å²) in [6.07, 6.45) is -0.509. The monoisotopic (exact) mass is 375 g/mol. The Hall–Kier alpha value is -2.77. The van der Waals surface area contributed by atoms with Crippen LogP contribution in [0.3, 0.4) is 0 Å². The number of oxazole rings is 1. The number of fused-ring (bicyclic) bond motifs is 1. The molecule has 2 heterocycles. The van der Waals surface area contributed by atoms with Gasteiger partial charge in [0.25, 0.3) is 0 Å². The fourth-order valence-corrected chi connectivity index (χ4v) is 3.15. The summed E-state index contributed by atoms with van der Waals surface area (Å²) in [6.45, 7) is 9.36. The lowest BCUT2D eigenvalue weighted by atomic mass is 9.98. The quantitative estimate of drug-likeness (QED) is 0.764. The molecule has 1 aromatic carbocycles. The van der Waals surface area contributed by atoms with Gasteiger partial charge < -0.3 is 14.1 Å². The van der Waals surface area contributed by atoms with Crippen molar-refractivity contribution in [3.63, 3.8) is 0 Å². The molecule has 0 atom stereocenters. The normalized spacial score (nSPS) is 17.5. The molecule has 0 aliphatic carbocycles. The fourth-order valence-electron chi connectivity index (χ4n) is 3.15. The molecule has 1 saturated heterocycles. The van der Waals surface area contributed by atoms with Gasteiger partial charge in [-0.1, -0.05) is 0 Å². The zero-order valence-electron chi connectivity index (χ0n) is 16.5. The second-order valence-corrected chi connectivity index (χ2v) is 8.44. The summed E-state index contributed by atoms with van der Waals surface area (Å²) in [7, 11) is 1.63. The van der Waals surface area contributed by atoms with Crippen LogP contribution in [0.4, 0.5) is 10.5 Å². The Bertz CT molecular complexity index is 964. The molecule has 146 valence electrons. The van der Waals surface area contributed by atoms with E-state index in [1.54, 1.807) is 50.9 Å². The molecule has 0 unspecified atom stereocenters. The Kier molecular flexibility index (Phi) is 4.32. The lowest BCUT2D eigenvalue weighted by molar-refractivity contribution is -0.124. The molecule has 1 aliphatic rings. The van der Waals surface area contributed by atoms with E-state index >= 15 is 0 Å². The molecule has 2 aromatic rings. The first-order valence-electron chi connectivity index (χ1n) is 8.80. The first kappa shape index (κ1) is 19.0. The molecule has 1 fully saturated rings. The van der Waals surface area contributed by atoms with E-state index < -0.39 is 23.0 Å². The summed E-state index contributed by atoms with van der Waals surface area (Å²) < 4.78 is 12.1. The summed E-state index contributed by atoms with van der Waals surface area (Å²) in [6, 6.07) is 5.19. The molecule has 1 aliphatic heterocycles. The van der Waals surface area contributed by atoms with Crippen LogP contribution in [0.2, 0.25) is 0 Å². The minimum Gasteiger partial charge on any atom is -0.444 e. The van der Waals surface area contributed by atoms with Crippen molar-refractivity contribution in [3.8, 4) is 0 Å². The van der Waals surface area contributed by atoms with Gasteiger partial charge in [0, 0.05) is 25.3 Å². The summed E-state index contributed by atoms with van der Waals surface area (Å²) in [4.78, 5) is 40.0. The molecule has 3 rings (SSSR count). The van der Waals surface area contributed by atoms with Crippen molar-refractivity contribution in [1.29, 1.82) is 0 Å². The van der Waals surface area contributed by atoms with Gasteiger partial charge >= 0.3 is 11.8 Å². The lowest BCUT2D eigenvalue weighted by Gasteiger charge is -2.46. The second-order valence-electron chi connectivity index (χ2n) is 8.44. The number of aromatic nitrogens is 1. The summed E-state index contributed by atoms with van der Waals surface area (Å²) >= 11 is 0. The van der Waals surface area contributed by atoms with Gasteiger partial charge in [0.05, 0.1) is 11.1 Å². The molecule has 0 bridgehead atoms. The van der Waals surface area contributed by atoms with E-state index in [9.17, 15) is 14.4 Å². The van der Waals surface area contributed by atoms with Crippen LogP contribution in [0.5, 0.6) is 0 Å². The van der Waals surface area contributed by atoms with Gasteiger partial charge in [0.15, 0.2) is 5.58 Å². The Morgan fingerprint density at radius 1 is 1.22 bits per heavy atom. The van der Waals surface area contributed by atoms with E-state index in [1.807, 2.05) is 13.8 Å². The first-order valence-corrected chi connectivity index (χ1v) is 8.80. The fraction of sp³-hybridized carbons (Fsp3) is 0.526. The average molecular weight is 375 g/mol. The van der Waals surface area contributed by atoms with Crippen molar-refractivity contribution >= 4 is 28.8 Å². The predicted molar refractivity (Wildman–Crippen MR) is 101 cm³/mol. The average Bonchev–Trinajstić information content (AvgIpc) is 2.81. The smallest absolute Gasteiger partial charge is 0.419 e. The van der Waals surface area contributed by atoms with Gasteiger partial charge in [-0.05, 0) is 46.8 Å². The van der Waals surface area contributed by atoms with Gasteiger partial charge in [0.1, 0.15) is 12.1 Å². The lowest BCUT2D eigenvalue weighted by Crippen LogP contribution is -2.64. The zero-order valence-corrected chi connectivity index (χ0v) is 16.5. The summed E-state index contributed by atoms with van der Waals surface area (Å²) in [5, 5.41) is 0. The zero-order chi connectivity index (χ0) is 20.1. The van der Waals surface area contributed by atoms with E-state index in [2.05, 4.69) is 0 Å². The van der Waals surface area contributed by atoms with E-state index in [0.717, 1.165) is 0 Å². The number of hydrogen-bond donors (Lipinski definition) is 0. The van der Waals surface area contributed by atoms with Gasteiger partial charge in [-0.2, -0.15) is 0 Å². The molecule has 0 saturated carbocycles. The van der Waals surface area contributed by atoms with Crippen LogP contribution in [0.1, 0.15) is 34.6 Å². The topological polar surface area (TPSA) is 85.0 Å². The highest BCUT2D eigenvalue weighted by Crippen LogP contribution is 2.29. The number of carbonyl (C=O) groups excluding carboxylic acids is 2. The molecule has 0 N–H and O–H groups in total. The Morgan fingerprint density at radius 2 is 1.89 bits per heavy atom. The number of carbonyl (C=O) groups is 2. The predicted octanol–water partition coefficient (Wildman–Crippen LogP) is 2.49. The van der Waals surface area contributed by atoms with Crippen molar-refractivity contribution in [2.45, 2.75) is 45.8 Å². The highest BCUT2D eigenvalue weighted by Gasteiger charge is 2.43. The van der Waals surface area contributed by atoms with E-state index in [1.165, 1.54) is 9.47 Å². The van der Waals surface area contributed by atoms with Crippen molar-refractivity contribution < 1.29 is 18.7 Å². The highest BCUT2D eigenvalue weighted by atomic mass is 16.6. The summed E-state index contributed by atoms with van der Waals surface area (Å²) in [5.41, 5.74) is 0.438. The molecule has 27 heavy (non-hydrogen) atoms. The SMILES string of the molecule is Cn1c(=O)oc2cc(N3CC(C)(C)N(C(=O)OC(C)(C)C)CC3=O)ccc21. The van der Waals surface area contributed by atoms with Crippen molar-refractivity contribution in [3.05, 3.63) is 28.7 Å². The number of piperazine rings is 1. The van der Waals surface area contributed by atoms with E-state index in [-0.39, 0.29) is 12.5 Å². The maximum atomic E-state index is 12.8. The number of anilines is 1. The molecular weight excluding hydrogens is 350 g/mol. The minimum atomic E-state index is -0.636. The molecular formula is C19H25N3O5. The van der Waals surface area contributed by atoms with Crippen LogP contribution < -0.4 is 10.7 Å². The maximum absolute atomic E-state index is 12.8. The van der Waals surface area contributed by atoms with Crippen LogP contribution in [0.15, 0.2) is 27.4 Å². The number of nitrogens with zero attached hydrogens (tertiary/aromatic N) is 3. The van der Waals surface area contributed by atoms with Crippen LogP contribution in [0, 0.1) is 0 Å². The molecule has 8 nitrogen and oxygen atoms in total. The van der Waals surface area contributed by atoms with Crippen LogP contribution >= 0.6 is 0 Å². The maximum Gasteiger partial charge on any atom is 0.419 e. The third-order valence-electron chi connectivity index (χ3n) is 4.57. The van der Waals surface area contributed by atoms with Crippen molar-refractivity contribution in [1.82, 2.24) is 9.47 Å². The molecule has 1 aromatic heterocycles. The van der Waals surface area contributed by atoms with Gasteiger partial charge in [-0.15, -0.1) is 0 Å². The van der Waals surface area contributed by atoms with Gasteiger partial charge in [0.2, 0.25) is 5.91 Å². The molecule has 2 amide bonds. The summed E-state index contributed by atoms with van der Waals surface area (Å²) in [5.74, 6) is -0.679. The standard InChI is InChI=1S/C19H25N3O5/c1-18(2,3)27-17(25)22-10-15(23)21(11-19(22,4)5)12-7-8-13-14(9-12)26-16(24)20(13)6/h7-9H,10-11H2,1-6H3. The van der Waals surface area contributed by atoms with E-state index in [4.69, 9.17) is 9.15 Å².